The van der Waals surface area contributed by atoms with Crippen LogP contribution in [-0.4, -0.2) is 64.4 Å². The van der Waals surface area contributed by atoms with Crippen LogP contribution in [0.1, 0.15) is 17.5 Å². The summed E-state index contributed by atoms with van der Waals surface area (Å²) in [6.07, 6.45) is 2.37. The Balaban J connectivity index is 1.30. The van der Waals surface area contributed by atoms with Crippen LogP contribution in [0.4, 0.5) is 10.5 Å². The van der Waals surface area contributed by atoms with E-state index in [1.165, 1.54) is 4.90 Å². The maximum atomic E-state index is 13.6. The van der Waals surface area contributed by atoms with Crippen molar-refractivity contribution in [1.29, 1.82) is 5.26 Å². The Morgan fingerprint density at radius 2 is 2.06 bits per heavy atom. The van der Waals surface area contributed by atoms with Gasteiger partial charge in [0.1, 0.15) is 17.9 Å². The summed E-state index contributed by atoms with van der Waals surface area (Å²) in [5.74, 6) is 0.258. The van der Waals surface area contributed by atoms with Gasteiger partial charge in [0, 0.05) is 18.1 Å². The number of fused-ring (bicyclic) bond motifs is 6. The number of amides is 4. The number of pyridine rings is 1. The Morgan fingerprint density at radius 3 is 2.86 bits per heavy atom. The first-order valence-electron chi connectivity index (χ1n) is 11.4. The van der Waals surface area contributed by atoms with Gasteiger partial charge in [-0.25, -0.2) is 9.69 Å². The first kappa shape index (κ1) is 21.1. The molecule has 3 fully saturated rings. The monoisotopic (exact) mass is 467 g/mol. The number of nitrogens with zero attached hydrogens (tertiary/aromatic N) is 5. The van der Waals surface area contributed by atoms with E-state index in [1.807, 2.05) is 24.3 Å². The average molecular weight is 467 g/mol. The molecule has 2 unspecified atom stereocenters. The standard InChI is InChI=1S/C26H21N5O4/c1-35-18-5-2-4-15(10-18)11-22(32)29-14-17-12-21(29)24-25(33)31(26(34)30(17)24)20-8-7-16(13-27)23-19(20)6-3-9-28-23/h2-10,17,21,24H,11-12,14H2,1H3/t17?,21?,24-/m1/s1. The molecule has 0 aliphatic carbocycles. The number of piperazine rings is 1. The molecule has 3 aromatic rings. The smallest absolute Gasteiger partial charge is 0.332 e. The highest BCUT2D eigenvalue weighted by atomic mass is 16.5. The van der Waals surface area contributed by atoms with E-state index in [-0.39, 0.29) is 36.3 Å². The van der Waals surface area contributed by atoms with E-state index in [9.17, 15) is 19.6 Å². The number of carbonyl (C=O) groups is 3. The largest absolute Gasteiger partial charge is 0.497 e. The summed E-state index contributed by atoms with van der Waals surface area (Å²) >= 11 is 0. The molecule has 174 valence electrons. The lowest BCUT2D eigenvalue weighted by Gasteiger charge is -2.35. The van der Waals surface area contributed by atoms with Crippen molar-refractivity contribution in [3.63, 3.8) is 0 Å². The molecule has 4 amide bonds. The van der Waals surface area contributed by atoms with Crippen molar-refractivity contribution in [2.45, 2.75) is 31.0 Å². The van der Waals surface area contributed by atoms with Gasteiger partial charge in [-0.05, 0) is 48.4 Å². The number of benzene rings is 2. The number of methoxy groups -OCH3 is 1. The summed E-state index contributed by atoms with van der Waals surface area (Å²) in [4.78, 5) is 49.1. The lowest BCUT2D eigenvalue weighted by Crippen LogP contribution is -2.55. The zero-order chi connectivity index (χ0) is 24.3. The van der Waals surface area contributed by atoms with Crippen molar-refractivity contribution in [2.75, 3.05) is 18.6 Å². The van der Waals surface area contributed by atoms with Crippen LogP contribution in [0.3, 0.4) is 0 Å². The average Bonchev–Trinajstić information content (AvgIpc) is 3.55. The fourth-order valence-electron chi connectivity index (χ4n) is 5.67. The van der Waals surface area contributed by atoms with Gasteiger partial charge in [-0.15, -0.1) is 0 Å². The second-order valence-corrected chi connectivity index (χ2v) is 8.98. The van der Waals surface area contributed by atoms with E-state index in [0.29, 0.717) is 40.9 Å². The number of urea groups is 1. The molecular formula is C26H21N5O4. The minimum absolute atomic E-state index is 0.0721. The molecule has 9 heteroatoms. The van der Waals surface area contributed by atoms with Gasteiger partial charge in [0.15, 0.2) is 0 Å². The first-order chi connectivity index (χ1) is 17.0. The van der Waals surface area contributed by atoms with Gasteiger partial charge in [-0.2, -0.15) is 5.26 Å². The normalized spacial score (nSPS) is 22.6. The van der Waals surface area contributed by atoms with Gasteiger partial charge in [0.05, 0.1) is 42.4 Å². The number of hydrogen-bond acceptors (Lipinski definition) is 6. The highest BCUT2D eigenvalue weighted by molar-refractivity contribution is 6.25. The summed E-state index contributed by atoms with van der Waals surface area (Å²) in [7, 11) is 1.58. The predicted octanol–water partition coefficient (Wildman–Crippen LogP) is 2.48. The summed E-state index contributed by atoms with van der Waals surface area (Å²) in [6.45, 7) is 0.409. The zero-order valence-electron chi connectivity index (χ0n) is 18.9. The maximum Gasteiger partial charge on any atom is 0.332 e. The van der Waals surface area contributed by atoms with Crippen LogP contribution in [0.5, 0.6) is 5.75 Å². The van der Waals surface area contributed by atoms with Crippen molar-refractivity contribution < 1.29 is 19.1 Å². The topological polar surface area (TPSA) is 107 Å². The molecule has 0 spiro atoms. The second-order valence-electron chi connectivity index (χ2n) is 8.98. The van der Waals surface area contributed by atoms with Crippen LogP contribution < -0.4 is 9.64 Å². The minimum atomic E-state index is -0.710. The number of likely N-dealkylation sites (tertiary alicyclic amines) is 1. The Morgan fingerprint density at radius 1 is 1.20 bits per heavy atom. The van der Waals surface area contributed by atoms with E-state index in [0.717, 1.165) is 5.56 Å². The van der Waals surface area contributed by atoms with Gasteiger partial charge in [-0.3, -0.25) is 14.6 Å². The Bertz CT molecular complexity index is 1450. The van der Waals surface area contributed by atoms with Gasteiger partial charge >= 0.3 is 6.03 Å². The summed E-state index contributed by atoms with van der Waals surface area (Å²) in [5.41, 5.74) is 2.06. The number of rotatable bonds is 4. The van der Waals surface area contributed by atoms with Crippen LogP contribution in [0.25, 0.3) is 10.9 Å². The molecule has 4 heterocycles. The molecule has 0 radical (unpaired) electrons. The predicted molar refractivity (Wildman–Crippen MR) is 126 cm³/mol. The van der Waals surface area contributed by atoms with Crippen LogP contribution in [0, 0.1) is 11.3 Å². The highest BCUT2D eigenvalue weighted by Gasteiger charge is 2.62. The molecule has 0 N–H and O–H groups in total. The van der Waals surface area contributed by atoms with Crippen molar-refractivity contribution in [3.8, 4) is 11.8 Å². The van der Waals surface area contributed by atoms with Gasteiger partial charge in [0.2, 0.25) is 5.91 Å². The van der Waals surface area contributed by atoms with Crippen molar-refractivity contribution >= 4 is 34.4 Å². The number of imide groups is 1. The molecule has 3 aliphatic heterocycles. The van der Waals surface area contributed by atoms with Crippen LogP contribution in [-0.2, 0) is 16.0 Å². The molecule has 9 nitrogen and oxygen atoms in total. The lowest BCUT2D eigenvalue weighted by atomic mass is 10.1. The Labute approximate surface area is 201 Å². The molecule has 35 heavy (non-hydrogen) atoms. The molecule has 3 aliphatic rings. The fourth-order valence-corrected chi connectivity index (χ4v) is 5.67. The molecule has 3 saturated heterocycles. The zero-order valence-corrected chi connectivity index (χ0v) is 18.9. The van der Waals surface area contributed by atoms with Crippen LogP contribution >= 0.6 is 0 Å². The third kappa shape index (κ3) is 3.06. The quantitative estimate of drug-likeness (QED) is 0.546. The third-order valence-corrected chi connectivity index (χ3v) is 7.18. The molecular weight excluding hydrogens is 446 g/mol. The number of hydrogen-bond donors (Lipinski definition) is 0. The summed E-state index contributed by atoms with van der Waals surface area (Å²) in [5, 5.41) is 9.99. The lowest BCUT2D eigenvalue weighted by molar-refractivity contribution is -0.135. The number of anilines is 1. The maximum absolute atomic E-state index is 13.6. The van der Waals surface area contributed by atoms with Crippen molar-refractivity contribution in [2.24, 2.45) is 0 Å². The van der Waals surface area contributed by atoms with E-state index >= 15 is 0 Å². The van der Waals surface area contributed by atoms with Crippen molar-refractivity contribution in [1.82, 2.24) is 14.8 Å². The highest BCUT2D eigenvalue weighted by Crippen LogP contribution is 2.43. The number of ether oxygens (including phenoxy) is 1. The van der Waals surface area contributed by atoms with E-state index < -0.39 is 6.04 Å². The van der Waals surface area contributed by atoms with E-state index in [2.05, 4.69) is 11.1 Å². The molecule has 3 atom stereocenters. The third-order valence-electron chi connectivity index (χ3n) is 7.18. The fraction of sp³-hybridized carbons (Fsp3) is 0.269. The van der Waals surface area contributed by atoms with Gasteiger partial charge in [-0.1, -0.05) is 12.1 Å². The van der Waals surface area contributed by atoms with Crippen molar-refractivity contribution in [3.05, 3.63) is 65.9 Å². The Hall–Kier alpha value is -4.45. The van der Waals surface area contributed by atoms with Crippen LogP contribution in [0.2, 0.25) is 0 Å². The second kappa shape index (κ2) is 7.81. The van der Waals surface area contributed by atoms with Crippen LogP contribution in [0.15, 0.2) is 54.7 Å². The SMILES string of the molecule is COc1cccc(CC(=O)N2CC3CC2[C@@H]2C(=O)N(c4ccc(C#N)c5ncccc45)C(=O)N32)c1. The first-order valence-corrected chi connectivity index (χ1v) is 11.4. The Kier molecular flexibility index (Phi) is 4.71. The van der Waals surface area contributed by atoms with E-state index in [1.54, 1.807) is 47.4 Å². The minimum Gasteiger partial charge on any atom is -0.497 e. The molecule has 2 aromatic carbocycles. The number of nitriles is 1. The summed E-state index contributed by atoms with van der Waals surface area (Å²) < 4.78 is 5.25. The van der Waals surface area contributed by atoms with Gasteiger partial charge in [0.25, 0.3) is 5.91 Å². The molecule has 0 saturated carbocycles. The molecule has 2 bridgehead atoms. The number of carbonyl (C=O) groups excluding carboxylic acids is 3. The summed E-state index contributed by atoms with van der Waals surface area (Å²) in [6, 6.07) is 14.5. The molecule has 6 rings (SSSR count). The molecule has 1 aromatic heterocycles. The number of aromatic nitrogens is 1. The van der Waals surface area contributed by atoms with E-state index in [4.69, 9.17) is 4.74 Å². The van der Waals surface area contributed by atoms with Gasteiger partial charge < -0.3 is 14.5 Å².